The van der Waals surface area contributed by atoms with Crippen molar-refractivity contribution in [3.63, 3.8) is 0 Å². The predicted molar refractivity (Wildman–Crippen MR) is 78.1 cm³/mol. The lowest BCUT2D eigenvalue weighted by Gasteiger charge is -2.22. The number of carbonyl (C=O) groups excluding carboxylic acids is 1. The number of ether oxygens (including phenoxy) is 1. The van der Waals surface area contributed by atoms with Gasteiger partial charge in [-0.05, 0) is 13.0 Å². The summed E-state index contributed by atoms with van der Waals surface area (Å²) in [6.45, 7) is 8.39. The Morgan fingerprint density at radius 1 is 1.40 bits per heavy atom. The zero-order chi connectivity index (χ0) is 14.9. The number of nitrogens with one attached hydrogen (secondary N) is 1. The fraction of sp³-hybridized carbons (Fsp3) is 0.562. The molecule has 0 saturated heterocycles. The van der Waals surface area contributed by atoms with Crippen LogP contribution in [0, 0.1) is 5.41 Å². The average Bonchev–Trinajstić information content (AvgIpc) is 2.72. The topological polar surface area (TPSA) is 58.6 Å². The van der Waals surface area contributed by atoms with Crippen molar-refractivity contribution < 1.29 is 14.6 Å². The second-order valence-corrected chi connectivity index (χ2v) is 6.34. The summed E-state index contributed by atoms with van der Waals surface area (Å²) < 4.78 is 5.82. The largest absolute Gasteiger partial charge is 0.489 e. The molecule has 0 aromatic heterocycles. The van der Waals surface area contributed by atoms with E-state index >= 15 is 0 Å². The summed E-state index contributed by atoms with van der Waals surface area (Å²) in [6, 6.07) is 5.69. The van der Waals surface area contributed by atoms with Crippen LogP contribution in [0.3, 0.4) is 0 Å². The van der Waals surface area contributed by atoms with Gasteiger partial charge in [0.25, 0.3) is 5.91 Å². The first-order valence-electron chi connectivity index (χ1n) is 7.04. The van der Waals surface area contributed by atoms with Gasteiger partial charge in [-0.3, -0.25) is 4.79 Å². The van der Waals surface area contributed by atoms with E-state index in [2.05, 4.69) is 12.2 Å². The van der Waals surface area contributed by atoms with Crippen molar-refractivity contribution in [1.29, 1.82) is 0 Å². The number of fused-ring (bicyclic) bond motifs is 1. The molecule has 2 rings (SSSR count). The number of carbonyl (C=O) groups is 1. The lowest BCUT2D eigenvalue weighted by atomic mass is 9.94. The molecule has 1 amide bonds. The fourth-order valence-electron chi connectivity index (χ4n) is 2.24. The summed E-state index contributed by atoms with van der Waals surface area (Å²) >= 11 is 0. The molecule has 4 heteroatoms. The fourth-order valence-corrected chi connectivity index (χ4v) is 2.24. The summed E-state index contributed by atoms with van der Waals surface area (Å²) in [5.41, 5.74) is 1.34. The summed E-state index contributed by atoms with van der Waals surface area (Å²) in [5, 5.41) is 12.1. The van der Waals surface area contributed by atoms with Gasteiger partial charge in [-0.25, -0.2) is 0 Å². The first kappa shape index (κ1) is 14.9. The standard InChI is InChI=1S/C16H23NO3/c1-10-11(2)20-14-12(10)6-5-7-13(14)15(19)17-8-16(3,4)9-18/h5-7,10-11,18H,8-9H2,1-4H3,(H,17,19). The molecule has 1 aromatic rings. The average molecular weight is 277 g/mol. The van der Waals surface area contributed by atoms with Gasteiger partial charge in [0.05, 0.1) is 5.56 Å². The van der Waals surface area contributed by atoms with Gasteiger partial charge < -0.3 is 15.2 Å². The van der Waals surface area contributed by atoms with Crippen LogP contribution < -0.4 is 10.1 Å². The Labute approximate surface area is 120 Å². The van der Waals surface area contributed by atoms with Gasteiger partial charge in [0.2, 0.25) is 0 Å². The van der Waals surface area contributed by atoms with Crippen molar-refractivity contribution in [3.05, 3.63) is 29.3 Å². The van der Waals surface area contributed by atoms with E-state index < -0.39 is 0 Å². The van der Waals surface area contributed by atoms with Crippen LogP contribution in [0.5, 0.6) is 5.75 Å². The minimum absolute atomic E-state index is 0.0325. The molecule has 2 atom stereocenters. The van der Waals surface area contributed by atoms with Gasteiger partial charge in [-0.2, -0.15) is 0 Å². The molecule has 0 fully saturated rings. The molecule has 1 aliphatic heterocycles. The Bertz CT molecular complexity index is 510. The highest BCUT2D eigenvalue weighted by Crippen LogP contribution is 2.40. The van der Waals surface area contributed by atoms with Crippen molar-refractivity contribution in [3.8, 4) is 5.75 Å². The molecule has 0 radical (unpaired) electrons. The first-order valence-corrected chi connectivity index (χ1v) is 7.04. The van der Waals surface area contributed by atoms with E-state index in [1.165, 1.54) is 0 Å². The van der Waals surface area contributed by atoms with E-state index in [9.17, 15) is 9.90 Å². The van der Waals surface area contributed by atoms with E-state index in [0.29, 0.717) is 23.8 Å². The third-order valence-electron chi connectivity index (χ3n) is 3.94. The number of amides is 1. The zero-order valence-electron chi connectivity index (χ0n) is 12.6. The quantitative estimate of drug-likeness (QED) is 0.888. The molecule has 1 aromatic carbocycles. The van der Waals surface area contributed by atoms with E-state index in [1.54, 1.807) is 6.07 Å². The van der Waals surface area contributed by atoms with Crippen LogP contribution in [0.1, 0.15) is 49.5 Å². The van der Waals surface area contributed by atoms with Gasteiger partial charge in [0.1, 0.15) is 11.9 Å². The van der Waals surface area contributed by atoms with Gasteiger partial charge in [0.15, 0.2) is 0 Å². The van der Waals surface area contributed by atoms with Crippen molar-refractivity contribution in [2.24, 2.45) is 5.41 Å². The van der Waals surface area contributed by atoms with Crippen LogP contribution in [-0.4, -0.2) is 30.3 Å². The lowest BCUT2D eigenvalue weighted by Crippen LogP contribution is -2.36. The normalized spacial score (nSPS) is 21.2. The zero-order valence-corrected chi connectivity index (χ0v) is 12.6. The maximum Gasteiger partial charge on any atom is 0.255 e. The Morgan fingerprint density at radius 3 is 2.75 bits per heavy atom. The molecule has 0 bridgehead atoms. The minimum atomic E-state index is -0.324. The van der Waals surface area contributed by atoms with E-state index in [-0.39, 0.29) is 24.0 Å². The highest BCUT2D eigenvalue weighted by molar-refractivity contribution is 5.97. The van der Waals surface area contributed by atoms with E-state index in [4.69, 9.17) is 4.74 Å². The summed E-state index contributed by atoms with van der Waals surface area (Å²) in [4.78, 5) is 12.3. The number of benzene rings is 1. The smallest absolute Gasteiger partial charge is 0.255 e. The molecule has 2 N–H and O–H groups in total. The maximum absolute atomic E-state index is 12.3. The molecule has 0 aliphatic carbocycles. The van der Waals surface area contributed by atoms with Crippen molar-refractivity contribution >= 4 is 5.91 Å². The SMILES string of the molecule is CC1Oc2c(C(=O)NCC(C)(C)CO)cccc2C1C. The Kier molecular flexibility index (Phi) is 4.04. The summed E-state index contributed by atoms with van der Waals surface area (Å²) in [6.07, 6.45) is 0.0906. The maximum atomic E-state index is 12.3. The molecular weight excluding hydrogens is 254 g/mol. The van der Waals surface area contributed by atoms with Gasteiger partial charge in [0, 0.05) is 30.0 Å². The third-order valence-corrected chi connectivity index (χ3v) is 3.94. The van der Waals surface area contributed by atoms with E-state index in [1.807, 2.05) is 32.9 Å². The second kappa shape index (κ2) is 5.44. The van der Waals surface area contributed by atoms with Crippen LogP contribution >= 0.6 is 0 Å². The number of hydrogen-bond acceptors (Lipinski definition) is 3. The van der Waals surface area contributed by atoms with Crippen LogP contribution in [-0.2, 0) is 0 Å². The molecule has 0 spiro atoms. The summed E-state index contributed by atoms with van der Waals surface area (Å²) in [5.74, 6) is 0.850. The van der Waals surface area contributed by atoms with Gasteiger partial charge in [-0.15, -0.1) is 0 Å². The number of hydrogen-bond donors (Lipinski definition) is 2. The predicted octanol–water partition coefficient (Wildman–Crippen LogP) is 2.32. The molecule has 20 heavy (non-hydrogen) atoms. The number of para-hydroxylation sites is 1. The van der Waals surface area contributed by atoms with Crippen LogP contribution in [0.4, 0.5) is 0 Å². The van der Waals surface area contributed by atoms with Crippen LogP contribution in [0.2, 0.25) is 0 Å². The highest BCUT2D eigenvalue weighted by atomic mass is 16.5. The molecule has 4 nitrogen and oxygen atoms in total. The molecule has 0 saturated carbocycles. The Hall–Kier alpha value is -1.55. The van der Waals surface area contributed by atoms with Gasteiger partial charge >= 0.3 is 0 Å². The monoisotopic (exact) mass is 277 g/mol. The number of rotatable bonds is 4. The van der Waals surface area contributed by atoms with Crippen LogP contribution in [0.15, 0.2) is 18.2 Å². The minimum Gasteiger partial charge on any atom is -0.489 e. The summed E-state index contributed by atoms with van der Waals surface area (Å²) in [7, 11) is 0. The molecule has 2 unspecified atom stereocenters. The highest BCUT2D eigenvalue weighted by Gasteiger charge is 2.31. The molecular formula is C16H23NO3. The van der Waals surface area contributed by atoms with Crippen molar-refractivity contribution in [1.82, 2.24) is 5.32 Å². The molecule has 110 valence electrons. The third kappa shape index (κ3) is 2.80. The Balaban J connectivity index is 2.17. The number of aliphatic hydroxyl groups excluding tert-OH is 1. The second-order valence-electron chi connectivity index (χ2n) is 6.34. The molecule has 1 aliphatic rings. The molecule has 1 heterocycles. The van der Waals surface area contributed by atoms with E-state index in [0.717, 1.165) is 5.56 Å². The first-order chi connectivity index (χ1) is 9.35. The van der Waals surface area contributed by atoms with Crippen molar-refractivity contribution in [2.45, 2.75) is 39.7 Å². The Morgan fingerprint density at radius 2 is 2.10 bits per heavy atom. The lowest BCUT2D eigenvalue weighted by molar-refractivity contribution is 0.0906. The van der Waals surface area contributed by atoms with Crippen LogP contribution in [0.25, 0.3) is 0 Å². The number of aliphatic hydroxyl groups is 1. The van der Waals surface area contributed by atoms with Gasteiger partial charge in [-0.1, -0.05) is 32.9 Å². The van der Waals surface area contributed by atoms with Crippen molar-refractivity contribution in [2.75, 3.05) is 13.2 Å².